The van der Waals surface area contributed by atoms with Gasteiger partial charge < -0.3 is 15.6 Å². The normalized spacial score (nSPS) is 12.2. The quantitative estimate of drug-likeness (QED) is 0.813. The number of hydrogen-bond acceptors (Lipinski definition) is 3. The van der Waals surface area contributed by atoms with Crippen molar-refractivity contribution in [2.75, 3.05) is 0 Å². The Hall–Kier alpha value is -1.55. The zero-order valence-corrected chi connectivity index (χ0v) is 10.5. The van der Waals surface area contributed by atoms with E-state index in [9.17, 15) is 4.79 Å². The summed E-state index contributed by atoms with van der Waals surface area (Å²) in [5, 5.41) is 9.08. The third-order valence-corrected chi connectivity index (χ3v) is 2.65. The molecule has 17 heavy (non-hydrogen) atoms. The molecule has 3 N–H and O–H groups in total. The molecule has 1 atom stereocenters. The van der Waals surface area contributed by atoms with Gasteiger partial charge in [0.15, 0.2) is 6.10 Å². The molecule has 94 valence electrons. The van der Waals surface area contributed by atoms with Crippen molar-refractivity contribution in [3.63, 3.8) is 0 Å². The lowest BCUT2D eigenvalue weighted by Crippen LogP contribution is -2.33. The SMILES string of the molecule is CCC(Oc1c(C)cc(CO)cc1C)C(N)=O. The van der Waals surface area contributed by atoms with Crippen LogP contribution < -0.4 is 10.5 Å². The van der Waals surface area contributed by atoms with Crippen molar-refractivity contribution in [3.05, 3.63) is 28.8 Å². The average Bonchev–Trinajstić information content (AvgIpc) is 2.27. The second kappa shape index (κ2) is 5.68. The van der Waals surface area contributed by atoms with Crippen LogP contribution >= 0.6 is 0 Å². The summed E-state index contributed by atoms with van der Waals surface area (Å²) >= 11 is 0. The van der Waals surface area contributed by atoms with E-state index in [2.05, 4.69) is 0 Å². The Morgan fingerprint density at radius 3 is 2.29 bits per heavy atom. The molecule has 0 heterocycles. The summed E-state index contributed by atoms with van der Waals surface area (Å²) < 4.78 is 5.63. The number of nitrogens with two attached hydrogens (primary N) is 1. The second-order valence-electron chi connectivity index (χ2n) is 4.13. The minimum absolute atomic E-state index is 0.00497. The summed E-state index contributed by atoms with van der Waals surface area (Å²) in [4.78, 5) is 11.1. The fourth-order valence-electron chi connectivity index (χ4n) is 1.80. The molecule has 0 aromatic heterocycles. The molecule has 4 nitrogen and oxygen atoms in total. The van der Waals surface area contributed by atoms with Crippen molar-refractivity contribution >= 4 is 5.91 Å². The van der Waals surface area contributed by atoms with Gasteiger partial charge in [0.1, 0.15) is 5.75 Å². The molecule has 0 fully saturated rings. The number of aliphatic hydroxyl groups is 1. The van der Waals surface area contributed by atoms with Crippen molar-refractivity contribution in [2.45, 2.75) is 39.9 Å². The highest BCUT2D eigenvalue weighted by Gasteiger charge is 2.17. The monoisotopic (exact) mass is 237 g/mol. The number of amides is 1. The van der Waals surface area contributed by atoms with E-state index >= 15 is 0 Å². The predicted octanol–water partition coefficient (Wildman–Crippen LogP) is 1.44. The van der Waals surface area contributed by atoms with E-state index in [4.69, 9.17) is 15.6 Å². The number of ether oxygens (including phenoxy) is 1. The van der Waals surface area contributed by atoms with Crippen molar-refractivity contribution in [3.8, 4) is 5.75 Å². The summed E-state index contributed by atoms with van der Waals surface area (Å²) in [6.07, 6.45) is -0.0666. The largest absolute Gasteiger partial charge is 0.480 e. The first-order valence-corrected chi connectivity index (χ1v) is 5.66. The average molecular weight is 237 g/mol. The van der Waals surface area contributed by atoms with Crippen molar-refractivity contribution < 1.29 is 14.6 Å². The van der Waals surface area contributed by atoms with Gasteiger partial charge in [-0.05, 0) is 37.0 Å². The minimum atomic E-state index is -0.604. The molecule has 0 aliphatic rings. The van der Waals surface area contributed by atoms with Gasteiger partial charge in [-0.25, -0.2) is 0 Å². The van der Waals surface area contributed by atoms with Gasteiger partial charge in [-0.3, -0.25) is 4.79 Å². The highest BCUT2D eigenvalue weighted by atomic mass is 16.5. The lowest BCUT2D eigenvalue weighted by molar-refractivity contribution is -0.124. The van der Waals surface area contributed by atoms with Crippen LogP contribution in [0.3, 0.4) is 0 Å². The lowest BCUT2D eigenvalue weighted by atomic mass is 10.1. The first-order chi connectivity index (χ1) is 7.99. The van der Waals surface area contributed by atoms with Crippen LogP contribution in [0.2, 0.25) is 0 Å². The van der Waals surface area contributed by atoms with E-state index in [1.165, 1.54) is 0 Å². The molecular formula is C13H19NO3. The highest BCUT2D eigenvalue weighted by Crippen LogP contribution is 2.26. The van der Waals surface area contributed by atoms with Crippen molar-refractivity contribution in [2.24, 2.45) is 5.73 Å². The summed E-state index contributed by atoms with van der Waals surface area (Å²) in [5.41, 5.74) is 7.87. The van der Waals surface area contributed by atoms with Gasteiger partial charge in [-0.15, -0.1) is 0 Å². The number of benzene rings is 1. The van der Waals surface area contributed by atoms with E-state index in [-0.39, 0.29) is 6.61 Å². The molecule has 0 spiro atoms. The maximum absolute atomic E-state index is 11.1. The molecule has 1 aromatic rings. The molecule has 0 saturated heterocycles. The zero-order valence-electron chi connectivity index (χ0n) is 10.5. The minimum Gasteiger partial charge on any atom is -0.480 e. The van der Waals surface area contributed by atoms with Crippen molar-refractivity contribution in [1.29, 1.82) is 0 Å². The number of primary amides is 1. The third-order valence-electron chi connectivity index (χ3n) is 2.65. The molecule has 0 radical (unpaired) electrons. The maximum atomic E-state index is 11.1. The van der Waals surface area contributed by atoms with Crippen LogP contribution in [0.1, 0.15) is 30.0 Å². The molecular weight excluding hydrogens is 218 g/mol. The van der Waals surface area contributed by atoms with Gasteiger partial charge >= 0.3 is 0 Å². The summed E-state index contributed by atoms with van der Waals surface area (Å²) in [5.74, 6) is 0.213. The highest BCUT2D eigenvalue weighted by molar-refractivity contribution is 5.79. The molecule has 1 rings (SSSR count). The van der Waals surface area contributed by atoms with Gasteiger partial charge in [-0.2, -0.15) is 0 Å². The Labute approximate surface area is 101 Å². The van der Waals surface area contributed by atoms with Gasteiger partial charge in [-0.1, -0.05) is 19.1 Å². The number of carbonyl (C=O) groups excluding carboxylic acids is 1. The van der Waals surface area contributed by atoms with Crippen LogP contribution in [-0.4, -0.2) is 17.1 Å². The molecule has 1 unspecified atom stereocenters. The van der Waals surface area contributed by atoms with E-state index in [1.54, 1.807) is 0 Å². The Morgan fingerprint density at radius 1 is 1.41 bits per heavy atom. The topological polar surface area (TPSA) is 72.6 Å². The van der Waals surface area contributed by atoms with E-state index in [1.807, 2.05) is 32.9 Å². The van der Waals surface area contributed by atoms with E-state index in [0.717, 1.165) is 16.7 Å². The summed E-state index contributed by atoms with van der Waals surface area (Å²) in [7, 11) is 0. The van der Waals surface area contributed by atoms with Crippen LogP contribution in [0.25, 0.3) is 0 Å². The smallest absolute Gasteiger partial charge is 0.258 e. The van der Waals surface area contributed by atoms with Crippen LogP contribution in [0.5, 0.6) is 5.75 Å². The molecule has 0 aliphatic heterocycles. The van der Waals surface area contributed by atoms with Crippen LogP contribution in [0, 0.1) is 13.8 Å². The number of rotatable bonds is 5. The Kier molecular flexibility index (Phi) is 4.52. The van der Waals surface area contributed by atoms with Gasteiger partial charge in [0, 0.05) is 0 Å². The lowest BCUT2D eigenvalue weighted by Gasteiger charge is -2.18. The predicted molar refractivity (Wildman–Crippen MR) is 65.7 cm³/mol. The number of carbonyl (C=O) groups is 1. The number of aryl methyl sites for hydroxylation is 2. The number of aliphatic hydroxyl groups excluding tert-OH is 1. The Morgan fingerprint density at radius 2 is 1.94 bits per heavy atom. The van der Waals surface area contributed by atoms with Gasteiger partial charge in [0.05, 0.1) is 6.61 Å². The molecule has 0 bridgehead atoms. The molecule has 1 aromatic carbocycles. The molecule has 0 saturated carbocycles. The molecule has 4 heteroatoms. The van der Waals surface area contributed by atoms with E-state index < -0.39 is 12.0 Å². The Bertz CT molecular complexity index is 392. The van der Waals surface area contributed by atoms with Gasteiger partial charge in [0.25, 0.3) is 5.91 Å². The van der Waals surface area contributed by atoms with Crippen LogP contribution in [0.4, 0.5) is 0 Å². The van der Waals surface area contributed by atoms with E-state index in [0.29, 0.717) is 12.2 Å². The van der Waals surface area contributed by atoms with Crippen molar-refractivity contribution in [1.82, 2.24) is 0 Å². The van der Waals surface area contributed by atoms with Crippen LogP contribution in [0.15, 0.2) is 12.1 Å². The fraction of sp³-hybridized carbons (Fsp3) is 0.462. The van der Waals surface area contributed by atoms with Gasteiger partial charge in [0.2, 0.25) is 0 Å². The first kappa shape index (κ1) is 13.5. The molecule has 1 amide bonds. The fourth-order valence-corrected chi connectivity index (χ4v) is 1.80. The zero-order chi connectivity index (χ0) is 13.0. The summed E-state index contributed by atoms with van der Waals surface area (Å²) in [6.45, 7) is 5.61. The summed E-state index contributed by atoms with van der Waals surface area (Å²) in [6, 6.07) is 3.69. The second-order valence-corrected chi connectivity index (χ2v) is 4.13. The first-order valence-electron chi connectivity index (χ1n) is 5.66. The third kappa shape index (κ3) is 3.20. The molecule has 0 aliphatic carbocycles. The van der Waals surface area contributed by atoms with Crippen LogP contribution in [-0.2, 0) is 11.4 Å². The maximum Gasteiger partial charge on any atom is 0.258 e. The number of hydrogen-bond donors (Lipinski definition) is 2. The standard InChI is InChI=1S/C13H19NO3/c1-4-11(13(14)16)17-12-8(2)5-10(7-15)6-9(12)3/h5-6,11,15H,4,7H2,1-3H3,(H2,14,16). The Balaban J connectivity index is 3.02.